The van der Waals surface area contributed by atoms with Gasteiger partial charge in [-0.2, -0.15) is 0 Å². The van der Waals surface area contributed by atoms with Crippen LogP contribution in [0.3, 0.4) is 0 Å². The summed E-state index contributed by atoms with van der Waals surface area (Å²) in [6, 6.07) is 13.9. The van der Waals surface area contributed by atoms with Gasteiger partial charge in [0.1, 0.15) is 5.54 Å². The molecule has 2 aromatic rings. The zero-order chi connectivity index (χ0) is 21.0. The summed E-state index contributed by atoms with van der Waals surface area (Å²) in [4.78, 5) is 14.9. The van der Waals surface area contributed by atoms with Crippen molar-refractivity contribution in [3.05, 3.63) is 64.7 Å². The Morgan fingerprint density at radius 1 is 0.926 bits per heavy atom. The van der Waals surface area contributed by atoms with Gasteiger partial charge in [-0.25, -0.2) is 0 Å². The Hall–Kier alpha value is -2.13. The van der Waals surface area contributed by atoms with E-state index in [0.29, 0.717) is 0 Å². The normalized spacial score (nSPS) is 13.3. The van der Waals surface area contributed by atoms with Crippen molar-refractivity contribution >= 4 is 11.6 Å². The van der Waals surface area contributed by atoms with Crippen LogP contribution < -0.4 is 10.6 Å². The highest BCUT2D eigenvalue weighted by Crippen LogP contribution is 2.39. The number of hydrogen-bond acceptors (Lipinski definition) is 2. The van der Waals surface area contributed by atoms with Crippen LogP contribution in [0.15, 0.2) is 42.5 Å². The van der Waals surface area contributed by atoms with Gasteiger partial charge in [-0.3, -0.25) is 4.79 Å². The van der Waals surface area contributed by atoms with Gasteiger partial charge in [0.2, 0.25) is 5.91 Å². The van der Waals surface area contributed by atoms with Crippen LogP contribution >= 0.6 is 0 Å². The second kappa shape index (κ2) is 8.71. The van der Waals surface area contributed by atoms with Gasteiger partial charge in [0.15, 0.2) is 0 Å². The van der Waals surface area contributed by atoms with E-state index in [2.05, 4.69) is 46.8 Å². The zero-order valence-electron chi connectivity index (χ0n) is 18.5. The molecule has 0 aromatic heterocycles. The Kier molecular flexibility index (Phi) is 7.39. The molecule has 1 atom stereocenters. The molecule has 0 aliphatic rings. The first-order valence-electron chi connectivity index (χ1n) is 9.70. The third-order valence-corrected chi connectivity index (χ3v) is 5.49. The number of para-hydroxylation sites is 1. The van der Waals surface area contributed by atoms with Gasteiger partial charge >= 0.3 is 0 Å². The van der Waals surface area contributed by atoms with Crippen molar-refractivity contribution in [2.75, 3.05) is 11.9 Å². The minimum absolute atomic E-state index is 0.0944. The number of carbonyl (C=O) groups excluding carboxylic acids is 1. The van der Waals surface area contributed by atoms with Crippen LogP contribution in [0.25, 0.3) is 0 Å². The molecule has 2 aromatic carbocycles. The Morgan fingerprint density at radius 3 is 1.81 bits per heavy atom. The monoisotopic (exact) mass is 368 g/mol. The Bertz CT molecular complexity index is 753. The lowest BCUT2D eigenvalue weighted by atomic mass is 9.66. The largest absolute Gasteiger partial charge is 0.317 e. The van der Waals surface area contributed by atoms with Crippen molar-refractivity contribution in [3.63, 3.8) is 0 Å². The van der Waals surface area contributed by atoms with Crippen LogP contribution in [0.2, 0.25) is 0 Å². The molecule has 0 fully saturated rings. The van der Waals surface area contributed by atoms with E-state index in [1.165, 1.54) is 16.7 Å². The number of nitrogens with two attached hydrogens (primary N) is 1. The quantitative estimate of drug-likeness (QED) is 0.796. The highest BCUT2D eigenvalue weighted by atomic mass is 16.2. The van der Waals surface area contributed by atoms with E-state index in [4.69, 9.17) is 5.73 Å². The first-order valence-corrected chi connectivity index (χ1v) is 9.70. The van der Waals surface area contributed by atoms with E-state index in [1.54, 1.807) is 11.9 Å². The fraction of sp³-hybridized carbons (Fsp3) is 0.458. The number of carbonyl (C=O) groups is 1. The molecule has 0 spiro atoms. The molecule has 3 heteroatoms. The van der Waals surface area contributed by atoms with Crippen LogP contribution in [-0.4, -0.2) is 18.5 Å². The van der Waals surface area contributed by atoms with Gasteiger partial charge in [-0.15, -0.1) is 0 Å². The molecular formula is C24H36N2O. The van der Waals surface area contributed by atoms with Gasteiger partial charge in [0.25, 0.3) is 0 Å². The van der Waals surface area contributed by atoms with Crippen LogP contribution in [-0.2, 0) is 10.2 Å². The molecule has 3 nitrogen and oxygen atoms in total. The topological polar surface area (TPSA) is 46.3 Å². The summed E-state index contributed by atoms with van der Waals surface area (Å²) < 4.78 is 0. The lowest BCUT2D eigenvalue weighted by Gasteiger charge is -2.44. The van der Waals surface area contributed by atoms with Crippen molar-refractivity contribution in [2.24, 2.45) is 5.73 Å². The summed E-state index contributed by atoms with van der Waals surface area (Å²) in [5.41, 5.74) is 10.7. The SMILES string of the molecule is CC.Cc1cc(C)c(C(C)(C)C(C)(N)C(=O)N(C)c2ccccc2)c(C)c1. The average molecular weight is 369 g/mol. The maximum atomic E-state index is 13.3. The van der Waals surface area contributed by atoms with E-state index >= 15 is 0 Å². The maximum absolute atomic E-state index is 13.3. The number of anilines is 1. The van der Waals surface area contributed by atoms with E-state index in [-0.39, 0.29) is 5.91 Å². The summed E-state index contributed by atoms with van der Waals surface area (Å²) in [6.45, 7) is 16.3. The number of likely N-dealkylation sites (N-methyl/N-ethyl adjacent to an activating group) is 1. The van der Waals surface area contributed by atoms with Gasteiger partial charge in [0.05, 0.1) is 0 Å². The second-order valence-corrected chi connectivity index (χ2v) is 7.80. The summed E-state index contributed by atoms with van der Waals surface area (Å²) >= 11 is 0. The highest BCUT2D eigenvalue weighted by Gasteiger charge is 2.47. The summed E-state index contributed by atoms with van der Waals surface area (Å²) in [5.74, 6) is -0.0944. The van der Waals surface area contributed by atoms with Crippen molar-refractivity contribution < 1.29 is 4.79 Å². The number of amides is 1. The molecule has 0 saturated carbocycles. The van der Waals surface area contributed by atoms with Gasteiger partial charge < -0.3 is 10.6 Å². The number of hydrogen-bond donors (Lipinski definition) is 1. The Balaban J connectivity index is 0.00000176. The minimum Gasteiger partial charge on any atom is -0.317 e. The third kappa shape index (κ3) is 4.41. The summed E-state index contributed by atoms with van der Waals surface area (Å²) in [6.07, 6.45) is 0. The Morgan fingerprint density at radius 2 is 1.37 bits per heavy atom. The van der Waals surface area contributed by atoms with Gasteiger partial charge in [0, 0.05) is 18.2 Å². The van der Waals surface area contributed by atoms with E-state index in [1.807, 2.05) is 51.1 Å². The molecule has 148 valence electrons. The predicted octanol–water partition coefficient (Wildman–Crippen LogP) is 5.30. The number of rotatable bonds is 4. The molecule has 2 rings (SSSR count). The zero-order valence-corrected chi connectivity index (χ0v) is 18.5. The molecule has 0 heterocycles. The lowest BCUT2D eigenvalue weighted by Crippen LogP contribution is -2.63. The molecule has 0 aliphatic heterocycles. The van der Waals surface area contributed by atoms with Gasteiger partial charge in [-0.1, -0.05) is 63.6 Å². The molecular weight excluding hydrogens is 332 g/mol. The smallest absolute Gasteiger partial charge is 0.247 e. The molecule has 0 radical (unpaired) electrons. The fourth-order valence-electron chi connectivity index (χ4n) is 3.81. The van der Waals surface area contributed by atoms with E-state index in [9.17, 15) is 4.79 Å². The molecule has 0 saturated heterocycles. The highest BCUT2D eigenvalue weighted by molar-refractivity contribution is 6.00. The van der Waals surface area contributed by atoms with Crippen molar-refractivity contribution in [1.82, 2.24) is 0 Å². The van der Waals surface area contributed by atoms with E-state index < -0.39 is 11.0 Å². The fourth-order valence-corrected chi connectivity index (χ4v) is 3.81. The molecule has 2 N–H and O–H groups in total. The average Bonchev–Trinajstić information content (AvgIpc) is 2.61. The number of benzene rings is 2. The molecule has 27 heavy (non-hydrogen) atoms. The molecule has 1 amide bonds. The summed E-state index contributed by atoms with van der Waals surface area (Å²) in [5, 5.41) is 0. The van der Waals surface area contributed by atoms with Crippen LogP contribution in [0, 0.1) is 20.8 Å². The Labute approximate surface area is 165 Å². The second-order valence-electron chi connectivity index (χ2n) is 7.80. The summed E-state index contributed by atoms with van der Waals surface area (Å²) in [7, 11) is 1.79. The predicted molar refractivity (Wildman–Crippen MR) is 117 cm³/mol. The van der Waals surface area contributed by atoms with Crippen LogP contribution in [0.5, 0.6) is 0 Å². The van der Waals surface area contributed by atoms with Crippen LogP contribution in [0.1, 0.15) is 56.9 Å². The number of aryl methyl sites for hydroxylation is 3. The van der Waals surface area contributed by atoms with Crippen molar-refractivity contribution in [2.45, 2.75) is 66.3 Å². The minimum atomic E-state index is -1.05. The third-order valence-electron chi connectivity index (χ3n) is 5.49. The number of nitrogens with zero attached hydrogens (tertiary/aromatic N) is 1. The molecule has 0 bridgehead atoms. The molecule has 0 aliphatic carbocycles. The standard InChI is InChI=1S/C22H30N2O.C2H6/c1-15-13-16(2)19(17(3)14-15)21(4,5)22(6,23)20(25)24(7)18-11-9-8-10-12-18;1-2/h8-14H,23H2,1-7H3;1-2H3. The van der Waals surface area contributed by atoms with E-state index in [0.717, 1.165) is 11.3 Å². The molecule has 1 unspecified atom stereocenters. The van der Waals surface area contributed by atoms with Crippen molar-refractivity contribution in [1.29, 1.82) is 0 Å². The van der Waals surface area contributed by atoms with Crippen molar-refractivity contribution in [3.8, 4) is 0 Å². The maximum Gasteiger partial charge on any atom is 0.247 e. The first-order chi connectivity index (χ1) is 12.5. The van der Waals surface area contributed by atoms with Gasteiger partial charge in [-0.05, 0) is 56.5 Å². The lowest BCUT2D eigenvalue weighted by molar-refractivity contribution is -0.125. The first kappa shape index (κ1) is 22.9. The van der Waals surface area contributed by atoms with Crippen LogP contribution in [0.4, 0.5) is 5.69 Å².